The van der Waals surface area contributed by atoms with E-state index < -0.39 is 0 Å². The maximum absolute atomic E-state index is 13.6. The number of nitrogen functional groups attached to an aromatic ring is 1. The normalized spacial score (nSPS) is 15.5. The number of benzene rings is 3. The van der Waals surface area contributed by atoms with Crippen LogP contribution >= 0.6 is 0 Å². The maximum atomic E-state index is 13.6. The van der Waals surface area contributed by atoms with Crippen LogP contribution in [0.3, 0.4) is 0 Å². The van der Waals surface area contributed by atoms with E-state index in [1.807, 2.05) is 58.1 Å². The van der Waals surface area contributed by atoms with E-state index in [1.54, 1.807) is 12.1 Å². The number of anilines is 1. The minimum absolute atomic E-state index is 0.147. The number of hydrogen-bond donors (Lipinski definition) is 1. The first kappa shape index (κ1) is 22.5. The van der Waals surface area contributed by atoms with Gasteiger partial charge in [-0.1, -0.05) is 57.4 Å². The van der Waals surface area contributed by atoms with Crippen LogP contribution in [0.1, 0.15) is 61.3 Å². The van der Waals surface area contributed by atoms with Crippen molar-refractivity contribution >= 4 is 57.3 Å². The second-order valence-electron chi connectivity index (χ2n) is 8.60. The molecule has 1 heterocycles. The molecule has 0 saturated carbocycles. The zero-order valence-electron chi connectivity index (χ0n) is 19.8. The first-order valence-corrected chi connectivity index (χ1v) is 11.5. The summed E-state index contributed by atoms with van der Waals surface area (Å²) in [6.45, 7) is 16.3. The third kappa shape index (κ3) is 3.12. The van der Waals surface area contributed by atoms with Crippen molar-refractivity contribution in [2.45, 2.75) is 46.6 Å². The number of carbonyl (C=O) groups is 2. The third-order valence-electron chi connectivity index (χ3n) is 6.78. The second-order valence-corrected chi connectivity index (χ2v) is 8.60. The zero-order chi connectivity index (χ0) is 24.0. The molecule has 3 aromatic rings. The van der Waals surface area contributed by atoms with Gasteiger partial charge in [-0.25, -0.2) is 0 Å². The SMILES string of the molecule is C=C\C=c1/c(=C(C)/C=C\C)c(=C)c2ccc3c4c(cc(N)c1c42)C(=O)N(C(CC)CC)C3=O. The van der Waals surface area contributed by atoms with Gasteiger partial charge in [-0.05, 0) is 65.4 Å². The summed E-state index contributed by atoms with van der Waals surface area (Å²) in [5.41, 5.74) is 9.23. The quantitative estimate of drug-likeness (QED) is 0.480. The predicted octanol–water partition coefficient (Wildman–Crippen LogP) is 4.20. The summed E-state index contributed by atoms with van der Waals surface area (Å²) in [7, 11) is 0. The Bertz CT molecular complexity index is 1540. The van der Waals surface area contributed by atoms with E-state index in [2.05, 4.69) is 13.2 Å². The molecule has 2 amide bonds. The Kier molecular flexibility index (Phi) is 5.71. The van der Waals surface area contributed by atoms with Gasteiger partial charge in [-0.2, -0.15) is 0 Å². The topological polar surface area (TPSA) is 63.4 Å². The fourth-order valence-electron chi connectivity index (χ4n) is 5.30. The number of imide groups is 1. The molecule has 0 spiro atoms. The van der Waals surface area contributed by atoms with E-state index in [1.165, 1.54) is 4.90 Å². The van der Waals surface area contributed by atoms with Crippen LogP contribution in [0, 0.1) is 0 Å². The molecule has 0 radical (unpaired) electrons. The van der Waals surface area contributed by atoms with Crippen LogP contribution in [-0.4, -0.2) is 22.8 Å². The fraction of sp³-hybridized carbons (Fsp3) is 0.241. The van der Waals surface area contributed by atoms with E-state index in [9.17, 15) is 9.59 Å². The second kappa shape index (κ2) is 8.36. The van der Waals surface area contributed by atoms with Crippen LogP contribution in [0.2, 0.25) is 0 Å². The van der Waals surface area contributed by atoms with Crippen molar-refractivity contribution in [2.75, 3.05) is 5.73 Å². The van der Waals surface area contributed by atoms with Crippen molar-refractivity contribution < 1.29 is 9.59 Å². The minimum atomic E-state index is -0.275. The van der Waals surface area contributed by atoms with Crippen molar-refractivity contribution in [2.24, 2.45) is 0 Å². The van der Waals surface area contributed by atoms with Crippen LogP contribution in [0.15, 0.2) is 43.0 Å². The molecule has 1 aliphatic heterocycles. The van der Waals surface area contributed by atoms with Gasteiger partial charge in [0.1, 0.15) is 0 Å². The third-order valence-corrected chi connectivity index (χ3v) is 6.78. The predicted molar refractivity (Wildman–Crippen MR) is 139 cm³/mol. The Morgan fingerprint density at radius 2 is 1.76 bits per heavy atom. The lowest BCUT2D eigenvalue weighted by Gasteiger charge is -2.33. The molecule has 0 fully saturated rings. The number of amides is 2. The van der Waals surface area contributed by atoms with E-state index in [0.29, 0.717) is 35.0 Å². The van der Waals surface area contributed by atoms with Crippen LogP contribution in [-0.2, 0) is 0 Å². The van der Waals surface area contributed by atoms with Crippen LogP contribution in [0.4, 0.5) is 5.69 Å². The smallest absolute Gasteiger partial charge is 0.261 e. The Balaban J connectivity index is 2.30. The molecule has 0 atom stereocenters. The molecule has 1 aliphatic rings. The molecule has 168 valence electrons. The monoisotopic (exact) mass is 438 g/mol. The first-order chi connectivity index (χ1) is 15.8. The summed E-state index contributed by atoms with van der Waals surface area (Å²) in [5.74, 6) is -0.516. The molecule has 4 heteroatoms. The molecular weight excluding hydrogens is 408 g/mol. The van der Waals surface area contributed by atoms with Gasteiger partial charge in [0.15, 0.2) is 0 Å². The summed E-state index contributed by atoms with van der Waals surface area (Å²) in [4.78, 5) is 28.5. The van der Waals surface area contributed by atoms with Crippen LogP contribution < -0.4 is 21.4 Å². The summed E-state index contributed by atoms with van der Waals surface area (Å²) < 4.78 is 0. The molecule has 4 rings (SSSR count). The molecule has 0 unspecified atom stereocenters. The molecule has 4 nitrogen and oxygen atoms in total. The van der Waals surface area contributed by atoms with Gasteiger partial charge in [-0.3, -0.25) is 14.5 Å². The van der Waals surface area contributed by atoms with Crippen molar-refractivity contribution in [3.63, 3.8) is 0 Å². The Hall–Kier alpha value is -3.66. The summed E-state index contributed by atoms with van der Waals surface area (Å²) in [6.07, 6.45) is 9.11. The Morgan fingerprint density at radius 3 is 2.36 bits per heavy atom. The number of rotatable bonds is 5. The van der Waals surface area contributed by atoms with Gasteiger partial charge >= 0.3 is 0 Å². The van der Waals surface area contributed by atoms with Crippen molar-refractivity contribution in [1.29, 1.82) is 0 Å². The largest absolute Gasteiger partial charge is 0.398 e. The summed E-state index contributed by atoms with van der Waals surface area (Å²) in [5, 5.41) is 5.96. The number of nitrogens with two attached hydrogens (primary N) is 1. The molecule has 33 heavy (non-hydrogen) atoms. The summed E-state index contributed by atoms with van der Waals surface area (Å²) in [6, 6.07) is 5.37. The molecule has 2 N–H and O–H groups in total. The Morgan fingerprint density at radius 1 is 1.09 bits per heavy atom. The lowest BCUT2D eigenvalue weighted by Crippen LogP contribution is -2.47. The first-order valence-electron chi connectivity index (χ1n) is 11.5. The van der Waals surface area contributed by atoms with Gasteiger partial charge in [0, 0.05) is 33.5 Å². The highest BCUT2D eigenvalue weighted by Gasteiger charge is 2.37. The average molecular weight is 439 g/mol. The van der Waals surface area contributed by atoms with Crippen LogP contribution in [0.25, 0.3) is 39.8 Å². The van der Waals surface area contributed by atoms with Crippen LogP contribution in [0.5, 0.6) is 0 Å². The highest BCUT2D eigenvalue weighted by Crippen LogP contribution is 2.37. The van der Waals surface area contributed by atoms with Crippen molar-refractivity contribution in [1.82, 2.24) is 4.90 Å². The molecule has 0 saturated heterocycles. The number of hydrogen-bond acceptors (Lipinski definition) is 3. The van der Waals surface area contributed by atoms with Crippen molar-refractivity contribution in [3.05, 3.63) is 69.8 Å². The molecule has 3 aromatic carbocycles. The fourth-order valence-corrected chi connectivity index (χ4v) is 5.30. The number of allylic oxidation sites excluding steroid dienone is 3. The van der Waals surface area contributed by atoms with E-state index in [-0.39, 0.29) is 17.9 Å². The van der Waals surface area contributed by atoms with E-state index >= 15 is 0 Å². The maximum Gasteiger partial charge on any atom is 0.261 e. The van der Waals surface area contributed by atoms with Crippen molar-refractivity contribution in [3.8, 4) is 0 Å². The van der Waals surface area contributed by atoms with Gasteiger partial charge < -0.3 is 5.73 Å². The summed E-state index contributed by atoms with van der Waals surface area (Å²) >= 11 is 0. The standard InChI is InChI=1S/C29H30N2O2/c1-7-11-16(5)24-17(6)19-13-14-21-25-22(29(33)31(28(21)32)18(9-3)10-4)15-23(30)26(27(19)25)20(24)12-8-2/h7-8,11-15,18H,2,6,9-10,30H2,1,3-5H3/b11-7-,20-12+,24-16+. The number of carbonyl (C=O) groups excluding carboxylic acids is 2. The van der Waals surface area contributed by atoms with E-state index in [4.69, 9.17) is 5.73 Å². The number of nitrogens with zero attached hydrogens (tertiary/aromatic N) is 1. The zero-order valence-corrected chi connectivity index (χ0v) is 19.8. The highest BCUT2D eigenvalue weighted by molar-refractivity contribution is 6.31. The highest BCUT2D eigenvalue weighted by atomic mass is 16.2. The molecule has 0 aliphatic carbocycles. The lowest BCUT2D eigenvalue weighted by molar-refractivity contribution is 0.0530. The minimum Gasteiger partial charge on any atom is -0.398 e. The van der Waals surface area contributed by atoms with E-state index in [0.717, 1.165) is 37.4 Å². The van der Waals surface area contributed by atoms with Gasteiger partial charge in [0.2, 0.25) is 0 Å². The Labute approximate surface area is 194 Å². The average Bonchev–Trinajstić information content (AvgIpc) is 2.79. The molecular formula is C29H30N2O2. The van der Waals surface area contributed by atoms with Gasteiger partial charge in [-0.15, -0.1) is 0 Å². The molecule has 0 aromatic heterocycles. The van der Waals surface area contributed by atoms with Gasteiger partial charge in [0.25, 0.3) is 11.8 Å². The lowest BCUT2D eigenvalue weighted by atomic mass is 9.85. The van der Waals surface area contributed by atoms with Gasteiger partial charge in [0.05, 0.1) is 5.56 Å². The molecule has 0 bridgehead atoms.